The summed E-state index contributed by atoms with van der Waals surface area (Å²) in [5.41, 5.74) is 3.62. The van der Waals surface area contributed by atoms with Crippen LogP contribution in [-0.4, -0.2) is 16.8 Å². The van der Waals surface area contributed by atoms with Crippen LogP contribution in [0.15, 0.2) is 22.7 Å². The van der Waals surface area contributed by atoms with E-state index in [4.69, 9.17) is 5.73 Å². The van der Waals surface area contributed by atoms with E-state index in [1.807, 2.05) is 0 Å². The Labute approximate surface area is 113 Å². The van der Waals surface area contributed by atoms with Crippen molar-refractivity contribution in [2.24, 2.45) is 10.1 Å². The Kier molecular flexibility index (Phi) is 4.39. The summed E-state index contributed by atoms with van der Waals surface area (Å²) < 4.78 is 50.4. The second-order valence-corrected chi connectivity index (χ2v) is 7.20. The number of urea groups is 1. The van der Waals surface area contributed by atoms with Gasteiger partial charge in [-0.25, -0.2) is 4.79 Å². The van der Waals surface area contributed by atoms with E-state index in [2.05, 4.69) is 4.36 Å². The second-order valence-electron chi connectivity index (χ2n) is 4.26. The summed E-state index contributed by atoms with van der Waals surface area (Å²) in [6.07, 6.45) is -2.79. The molecule has 0 aliphatic heterocycles. The molecule has 20 heavy (non-hydrogen) atoms. The van der Waals surface area contributed by atoms with Crippen molar-refractivity contribution in [2.75, 3.05) is 6.26 Å². The molecule has 0 aliphatic carbocycles. The van der Waals surface area contributed by atoms with E-state index >= 15 is 0 Å². The van der Waals surface area contributed by atoms with Gasteiger partial charge in [-0.2, -0.15) is 22.3 Å². The van der Waals surface area contributed by atoms with Crippen LogP contribution in [0.1, 0.15) is 23.4 Å². The fourth-order valence-electron chi connectivity index (χ4n) is 1.53. The number of alkyl halides is 3. The predicted octanol–water partition coefficient (Wildman–Crippen LogP) is 1.65. The van der Waals surface area contributed by atoms with Gasteiger partial charge in [0.15, 0.2) is 6.20 Å². The second kappa shape index (κ2) is 5.37. The van der Waals surface area contributed by atoms with Crippen molar-refractivity contribution >= 4 is 16.1 Å². The zero-order valence-electron chi connectivity index (χ0n) is 10.6. The minimum atomic E-state index is -4.77. The van der Waals surface area contributed by atoms with Crippen molar-refractivity contribution < 1.29 is 27.2 Å². The predicted molar refractivity (Wildman–Crippen MR) is 68.1 cm³/mol. The molecule has 1 heterocycles. The van der Waals surface area contributed by atoms with Gasteiger partial charge in [-0.1, -0.05) is 10.1 Å². The number of amides is 2. The van der Waals surface area contributed by atoms with Gasteiger partial charge in [-0.15, -0.1) is 0 Å². The number of halogens is 3. The highest BCUT2D eigenvalue weighted by molar-refractivity contribution is 7.99. The first kappa shape index (κ1) is 16.4. The van der Waals surface area contributed by atoms with Crippen LogP contribution in [0.5, 0.6) is 0 Å². The van der Waals surface area contributed by atoms with E-state index < -0.39 is 33.3 Å². The van der Waals surface area contributed by atoms with Gasteiger partial charge in [0.25, 0.3) is 5.69 Å². The molecule has 1 unspecified atom stereocenters. The average Bonchev–Trinajstić information content (AvgIpc) is 2.24. The summed E-state index contributed by atoms with van der Waals surface area (Å²) in [6, 6.07) is 0.604. The first-order chi connectivity index (χ1) is 8.95. The summed E-state index contributed by atoms with van der Waals surface area (Å²) in [7, 11) is -3.17. The van der Waals surface area contributed by atoms with Gasteiger partial charge < -0.3 is 15.5 Å². The zero-order chi connectivity index (χ0) is 15.7. The standard InChI is InChI=1S/C10H14F3N3O3S/c1-6(20(2,19)15-9(14)17)7-3-4-8(10(11,12)13)16(18)5-7/h3-6,20H,1-2H3,(H3,14,15,17,19). The molecule has 3 N–H and O–H groups in total. The van der Waals surface area contributed by atoms with Crippen LogP contribution in [0.3, 0.4) is 0 Å². The molecule has 114 valence electrons. The first-order valence-corrected chi connectivity index (χ1v) is 7.58. The van der Waals surface area contributed by atoms with Gasteiger partial charge in [0.1, 0.15) is 0 Å². The van der Waals surface area contributed by atoms with Crippen LogP contribution in [0.4, 0.5) is 18.0 Å². The minimum absolute atomic E-state index is 0.135. The van der Waals surface area contributed by atoms with Crippen LogP contribution in [0.25, 0.3) is 0 Å². The minimum Gasteiger partial charge on any atom is -0.618 e. The Morgan fingerprint density at radius 3 is 2.50 bits per heavy atom. The number of carbonyl (C=O) groups excluding carboxylic acids is 1. The molecule has 1 aromatic heterocycles. The van der Waals surface area contributed by atoms with E-state index in [0.717, 1.165) is 6.07 Å². The van der Waals surface area contributed by atoms with Crippen LogP contribution in [-0.2, 0) is 16.3 Å². The molecule has 0 radical (unpaired) electrons. The number of hydrogen-bond donors (Lipinski definition) is 3. The Morgan fingerprint density at radius 2 is 2.10 bits per heavy atom. The zero-order valence-corrected chi connectivity index (χ0v) is 11.5. The molecule has 2 amide bonds. The SMILES string of the molecule is CC(c1ccc(C(F)(F)F)[n+]([O-])c1)[SH](C)(O)=NC(N)=O. The quantitative estimate of drug-likeness (QED) is 0.439. The molecule has 0 aliphatic rings. The molecular weight excluding hydrogens is 299 g/mol. The maximum Gasteiger partial charge on any atom is 0.478 e. The number of primary amides is 1. The summed E-state index contributed by atoms with van der Waals surface area (Å²) >= 11 is 0. The van der Waals surface area contributed by atoms with Gasteiger partial charge in [-0.3, -0.25) is 0 Å². The summed E-state index contributed by atoms with van der Waals surface area (Å²) in [4.78, 5) is 10.7. The topological polar surface area (TPSA) is 103 Å². The Morgan fingerprint density at radius 1 is 1.55 bits per heavy atom. The third-order valence-electron chi connectivity index (χ3n) is 2.74. The van der Waals surface area contributed by atoms with Crippen molar-refractivity contribution in [1.29, 1.82) is 0 Å². The van der Waals surface area contributed by atoms with Crippen molar-refractivity contribution in [2.45, 2.75) is 18.3 Å². The molecule has 10 heteroatoms. The third kappa shape index (κ3) is 3.67. The van der Waals surface area contributed by atoms with E-state index in [0.29, 0.717) is 12.3 Å². The first-order valence-electron chi connectivity index (χ1n) is 5.37. The van der Waals surface area contributed by atoms with E-state index in [1.165, 1.54) is 13.2 Å². The highest BCUT2D eigenvalue weighted by Crippen LogP contribution is 2.29. The number of hydrogen-bond acceptors (Lipinski definition) is 2. The smallest absolute Gasteiger partial charge is 0.478 e. The Bertz CT molecular complexity index is 583. The van der Waals surface area contributed by atoms with Crippen LogP contribution < -0.4 is 10.5 Å². The Hall–Kier alpha value is -1.68. The monoisotopic (exact) mass is 313 g/mol. The highest BCUT2D eigenvalue weighted by atomic mass is 32.3. The normalized spacial score (nSPS) is 14.7. The molecule has 6 nitrogen and oxygen atoms in total. The summed E-state index contributed by atoms with van der Waals surface area (Å²) in [6.45, 7) is 1.45. The van der Waals surface area contributed by atoms with E-state index in [-0.39, 0.29) is 10.3 Å². The maximum absolute atomic E-state index is 12.4. The van der Waals surface area contributed by atoms with E-state index in [9.17, 15) is 27.7 Å². The molecule has 1 atom stereocenters. The van der Waals surface area contributed by atoms with Gasteiger partial charge >= 0.3 is 12.2 Å². The van der Waals surface area contributed by atoms with Crippen molar-refractivity contribution in [1.82, 2.24) is 0 Å². The number of rotatable bonds is 2. The lowest BCUT2D eigenvalue weighted by Gasteiger charge is -2.25. The van der Waals surface area contributed by atoms with Crippen molar-refractivity contribution in [3.63, 3.8) is 0 Å². The van der Waals surface area contributed by atoms with Crippen LogP contribution in [0.2, 0.25) is 0 Å². The number of nitrogens with zero attached hydrogens (tertiary/aromatic N) is 2. The van der Waals surface area contributed by atoms with Gasteiger partial charge in [0, 0.05) is 16.9 Å². The maximum atomic E-state index is 12.4. The lowest BCUT2D eigenvalue weighted by Crippen LogP contribution is -2.37. The Balaban J connectivity index is 3.24. The molecule has 0 bridgehead atoms. The van der Waals surface area contributed by atoms with Crippen LogP contribution in [0, 0.1) is 5.21 Å². The molecule has 0 fully saturated rings. The fourth-order valence-corrected chi connectivity index (χ4v) is 2.82. The molecule has 0 saturated heterocycles. The lowest BCUT2D eigenvalue weighted by molar-refractivity contribution is -0.629. The van der Waals surface area contributed by atoms with Gasteiger partial charge in [-0.05, 0) is 19.2 Å². The number of aromatic nitrogens is 1. The fraction of sp³-hybridized carbons (Fsp3) is 0.400. The largest absolute Gasteiger partial charge is 0.618 e. The van der Waals surface area contributed by atoms with Crippen LogP contribution >= 0.6 is 0 Å². The van der Waals surface area contributed by atoms with Gasteiger partial charge in [0.2, 0.25) is 0 Å². The summed E-state index contributed by atoms with van der Waals surface area (Å²) in [5, 5.41) is 10.6. The number of nitrogens with two attached hydrogens (primary N) is 1. The van der Waals surface area contributed by atoms with Gasteiger partial charge in [0.05, 0.1) is 0 Å². The number of pyridine rings is 1. The summed E-state index contributed by atoms with van der Waals surface area (Å²) in [5.74, 6) is 0. The lowest BCUT2D eigenvalue weighted by atomic mass is 10.2. The molecule has 0 spiro atoms. The van der Waals surface area contributed by atoms with E-state index in [1.54, 1.807) is 0 Å². The molecule has 0 aromatic carbocycles. The third-order valence-corrected chi connectivity index (χ3v) is 5.11. The van der Waals surface area contributed by atoms with Crippen molar-refractivity contribution in [3.05, 3.63) is 34.8 Å². The molecule has 1 aromatic rings. The highest BCUT2D eigenvalue weighted by Gasteiger charge is 2.39. The van der Waals surface area contributed by atoms with Crippen molar-refractivity contribution in [3.8, 4) is 0 Å². The molecule has 1 rings (SSSR count). The average molecular weight is 313 g/mol. The number of thiol groups is 1. The number of carbonyl (C=O) groups is 1. The molecular formula is C10H14F3N3O3S. The molecule has 0 saturated carbocycles.